The van der Waals surface area contributed by atoms with Crippen LogP contribution in [0.3, 0.4) is 0 Å². The number of nitrogens with one attached hydrogen (secondary N) is 1. The third-order valence-electron chi connectivity index (χ3n) is 6.50. The zero-order chi connectivity index (χ0) is 19.8. The second-order valence-corrected chi connectivity index (χ2v) is 8.31. The van der Waals surface area contributed by atoms with E-state index in [1.165, 1.54) is 22.0 Å². The molecule has 5 nitrogen and oxygen atoms in total. The predicted molar refractivity (Wildman–Crippen MR) is 112 cm³/mol. The standard InChI is InChI=1S/C24H26N2O3/c1-26-15-16(10-11-28-24(27)29-18-6-3-2-4-7-18)12-20-19-8-5-9-21-23(19)17(14-25-21)13-22(20)26/h2-9,14,16,20,22,25H,10-13,15H2,1H3/t16-,20?,22-/m1/s1. The zero-order valence-corrected chi connectivity index (χ0v) is 16.6. The first-order valence-corrected chi connectivity index (χ1v) is 10.4. The van der Waals surface area contributed by atoms with E-state index in [9.17, 15) is 4.79 Å². The molecule has 0 radical (unpaired) electrons. The highest BCUT2D eigenvalue weighted by molar-refractivity contribution is 5.88. The number of aromatic amines is 1. The number of likely N-dealkylation sites (tertiary alicyclic amines) is 1. The number of hydrogen-bond donors (Lipinski definition) is 1. The Kier molecular flexibility index (Phi) is 4.76. The minimum Gasteiger partial charge on any atom is -0.434 e. The molecule has 0 bridgehead atoms. The number of piperidine rings is 1. The van der Waals surface area contributed by atoms with Crippen LogP contribution in [-0.4, -0.2) is 42.3 Å². The number of hydrogen-bond acceptors (Lipinski definition) is 4. The molecule has 1 aliphatic heterocycles. The summed E-state index contributed by atoms with van der Waals surface area (Å²) in [7, 11) is 2.23. The minimum atomic E-state index is -0.627. The smallest absolute Gasteiger partial charge is 0.434 e. The number of carbonyl (C=O) groups is 1. The first-order valence-electron chi connectivity index (χ1n) is 10.4. The Balaban J connectivity index is 1.22. The van der Waals surface area contributed by atoms with Crippen LogP contribution in [0, 0.1) is 5.92 Å². The highest BCUT2D eigenvalue weighted by Gasteiger charge is 2.39. The summed E-state index contributed by atoms with van der Waals surface area (Å²) in [5, 5.41) is 1.42. The molecule has 1 saturated heterocycles. The maximum Gasteiger partial charge on any atom is 0.513 e. The molecule has 3 atom stereocenters. The van der Waals surface area contributed by atoms with Crippen LogP contribution < -0.4 is 4.74 Å². The van der Waals surface area contributed by atoms with Gasteiger partial charge >= 0.3 is 6.16 Å². The Labute approximate surface area is 170 Å². The van der Waals surface area contributed by atoms with Crippen LogP contribution >= 0.6 is 0 Å². The lowest BCUT2D eigenvalue weighted by molar-refractivity contribution is 0.0710. The number of aromatic nitrogens is 1. The van der Waals surface area contributed by atoms with Crippen molar-refractivity contribution in [3.05, 3.63) is 65.9 Å². The second kappa shape index (κ2) is 7.56. The molecule has 1 N–H and O–H groups in total. The van der Waals surface area contributed by atoms with Gasteiger partial charge in [0.05, 0.1) is 6.61 Å². The van der Waals surface area contributed by atoms with E-state index in [0.29, 0.717) is 30.2 Å². The van der Waals surface area contributed by atoms with E-state index in [1.54, 1.807) is 12.1 Å². The third kappa shape index (κ3) is 3.51. The van der Waals surface area contributed by atoms with E-state index in [4.69, 9.17) is 9.47 Å². The van der Waals surface area contributed by atoms with Crippen molar-refractivity contribution >= 4 is 17.1 Å². The van der Waals surface area contributed by atoms with Crippen molar-refractivity contribution in [2.45, 2.75) is 31.2 Å². The van der Waals surface area contributed by atoms with Crippen molar-refractivity contribution in [2.75, 3.05) is 20.2 Å². The molecule has 1 unspecified atom stereocenters. The Morgan fingerprint density at radius 1 is 1.17 bits per heavy atom. The largest absolute Gasteiger partial charge is 0.513 e. The summed E-state index contributed by atoms with van der Waals surface area (Å²) in [5.74, 6) is 1.54. The summed E-state index contributed by atoms with van der Waals surface area (Å²) in [6.07, 6.45) is 4.64. The molecule has 1 aliphatic carbocycles. The number of ether oxygens (including phenoxy) is 2. The lowest BCUT2D eigenvalue weighted by Crippen LogP contribution is -2.48. The Morgan fingerprint density at radius 3 is 2.90 bits per heavy atom. The maximum absolute atomic E-state index is 11.9. The number of para-hydroxylation sites is 1. The van der Waals surface area contributed by atoms with Crippen molar-refractivity contribution in [1.29, 1.82) is 0 Å². The van der Waals surface area contributed by atoms with Crippen molar-refractivity contribution in [1.82, 2.24) is 9.88 Å². The zero-order valence-electron chi connectivity index (χ0n) is 16.6. The van der Waals surface area contributed by atoms with Crippen LogP contribution in [0.5, 0.6) is 5.75 Å². The third-order valence-corrected chi connectivity index (χ3v) is 6.50. The fourth-order valence-corrected chi connectivity index (χ4v) is 5.19. The van der Waals surface area contributed by atoms with Gasteiger partial charge in [0.1, 0.15) is 5.75 Å². The van der Waals surface area contributed by atoms with Crippen LogP contribution in [0.2, 0.25) is 0 Å². The van der Waals surface area contributed by atoms with E-state index in [-0.39, 0.29) is 0 Å². The van der Waals surface area contributed by atoms with E-state index in [0.717, 1.165) is 25.8 Å². The molecule has 0 amide bonds. The summed E-state index contributed by atoms with van der Waals surface area (Å²) < 4.78 is 10.5. The minimum absolute atomic E-state index is 0.390. The molecule has 2 aliphatic rings. The molecule has 2 aromatic carbocycles. The summed E-state index contributed by atoms with van der Waals surface area (Å²) in [6.45, 7) is 1.43. The molecule has 0 saturated carbocycles. The molecule has 150 valence electrons. The number of benzene rings is 2. The maximum atomic E-state index is 11.9. The van der Waals surface area contributed by atoms with E-state index in [2.05, 4.69) is 41.3 Å². The van der Waals surface area contributed by atoms with Crippen molar-refractivity contribution < 1.29 is 14.3 Å². The Morgan fingerprint density at radius 2 is 2.03 bits per heavy atom. The molecule has 5 heteroatoms. The normalized spacial score (nSPS) is 23.6. The molecular formula is C24H26N2O3. The molecule has 2 heterocycles. The molecule has 29 heavy (non-hydrogen) atoms. The first-order chi connectivity index (χ1) is 14.2. The molecular weight excluding hydrogens is 364 g/mol. The highest BCUT2D eigenvalue weighted by atomic mass is 16.7. The van der Waals surface area contributed by atoms with Gasteiger partial charge in [0.15, 0.2) is 0 Å². The highest BCUT2D eigenvalue weighted by Crippen LogP contribution is 2.44. The van der Waals surface area contributed by atoms with Crippen molar-refractivity contribution in [3.8, 4) is 5.75 Å². The summed E-state index contributed by atoms with van der Waals surface area (Å²) in [5.41, 5.74) is 4.15. The number of nitrogens with zero attached hydrogens (tertiary/aromatic N) is 1. The lowest BCUT2D eigenvalue weighted by Gasteiger charge is -2.45. The number of H-pyrrole nitrogens is 1. The first kappa shape index (κ1) is 18.3. The van der Waals surface area contributed by atoms with E-state index >= 15 is 0 Å². The van der Waals surface area contributed by atoms with Gasteiger partial charge < -0.3 is 19.4 Å². The van der Waals surface area contributed by atoms with Crippen molar-refractivity contribution in [3.63, 3.8) is 0 Å². The Hall–Kier alpha value is -2.79. The average molecular weight is 390 g/mol. The van der Waals surface area contributed by atoms with Crippen molar-refractivity contribution in [2.24, 2.45) is 5.92 Å². The molecule has 5 rings (SSSR count). The van der Waals surface area contributed by atoms with E-state index < -0.39 is 6.16 Å². The average Bonchev–Trinajstić information content (AvgIpc) is 3.14. The molecule has 3 aromatic rings. The lowest BCUT2D eigenvalue weighted by atomic mass is 9.72. The fourth-order valence-electron chi connectivity index (χ4n) is 5.19. The summed E-state index contributed by atoms with van der Waals surface area (Å²) in [4.78, 5) is 17.9. The van der Waals surface area contributed by atoms with Gasteiger partial charge in [-0.05, 0) is 61.6 Å². The van der Waals surface area contributed by atoms with E-state index in [1.807, 2.05) is 18.2 Å². The molecule has 1 fully saturated rings. The number of carbonyl (C=O) groups excluding carboxylic acids is 1. The van der Waals surface area contributed by atoms with Crippen LogP contribution in [0.1, 0.15) is 29.9 Å². The van der Waals surface area contributed by atoms with Gasteiger partial charge in [0, 0.05) is 35.6 Å². The fraction of sp³-hybridized carbons (Fsp3) is 0.375. The van der Waals surface area contributed by atoms with Gasteiger partial charge in [-0.1, -0.05) is 30.3 Å². The van der Waals surface area contributed by atoms with Gasteiger partial charge in [-0.25, -0.2) is 4.79 Å². The predicted octanol–water partition coefficient (Wildman–Crippen LogP) is 4.73. The topological polar surface area (TPSA) is 54.6 Å². The van der Waals surface area contributed by atoms with Crippen LogP contribution in [0.25, 0.3) is 10.9 Å². The van der Waals surface area contributed by atoms with Gasteiger partial charge in [-0.2, -0.15) is 0 Å². The van der Waals surface area contributed by atoms with Crippen LogP contribution in [0.15, 0.2) is 54.7 Å². The summed E-state index contributed by atoms with van der Waals surface area (Å²) in [6, 6.07) is 16.2. The second-order valence-electron chi connectivity index (χ2n) is 8.31. The van der Waals surface area contributed by atoms with Gasteiger partial charge in [-0.3, -0.25) is 0 Å². The number of fused-ring (bicyclic) bond motifs is 2. The number of likely N-dealkylation sites (N-methyl/N-ethyl adjacent to an activating group) is 1. The molecule has 1 aromatic heterocycles. The SMILES string of the molecule is CN1C[C@H](CCOC(=O)Oc2ccccc2)CC2c3cccc4[nH]cc(c34)C[C@H]21. The Bertz CT molecular complexity index is 1010. The quantitative estimate of drug-likeness (QED) is 0.517. The summed E-state index contributed by atoms with van der Waals surface area (Å²) >= 11 is 0. The van der Waals surface area contributed by atoms with Gasteiger partial charge in [-0.15, -0.1) is 0 Å². The van der Waals surface area contributed by atoms with Crippen LogP contribution in [-0.2, 0) is 11.2 Å². The number of rotatable bonds is 4. The van der Waals surface area contributed by atoms with Crippen LogP contribution in [0.4, 0.5) is 4.79 Å². The van der Waals surface area contributed by atoms with Gasteiger partial charge in [0.25, 0.3) is 0 Å². The van der Waals surface area contributed by atoms with Gasteiger partial charge in [0.2, 0.25) is 0 Å². The molecule has 0 spiro atoms. The monoisotopic (exact) mass is 390 g/mol.